The number of alkyl halides is 3. The molecule has 15 nitrogen and oxygen atoms in total. The number of anilines is 5. The summed E-state index contributed by atoms with van der Waals surface area (Å²) in [6.07, 6.45) is 5.93. The van der Waals surface area contributed by atoms with Crippen LogP contribution in [0.15, 0.2) is 59.7 Å². The van der Waals surface area contributed by atoms with Gasteiger partial charge in [-0.05, 0) is 60.3 Å². The summed E-state index contributed by atoms with van der Waals surface area (Å²) in [6, 6.07) is 8.47. The Bertz CT molecular complexity index is 2240. The molecule has 2 fully saturated rings. The Morgan fingerprint density at radius 1 is 1.02 bits per heavy atom. The summed E-state index contributed by atoms with van der Waals surface area (Å²) in [5.41, 5.74) is 5.79. The average molecular weight is 862 g/mol. The maximum absolute atomic E-state index is 13.5. The normalized spacial score (nSPS) is 15.6. The summed E-state index contributed by atoms with van der Waals surface area (Å²) in [5, 5.41) is 19.0. The van der Waals surface area contributed by atoms with Crippen LogP contribution < -0.4 is 25.6 Å². The van der Waals surface area contributed by atoms with Crippen molar-refractivity contribution in [2.45, 2.75) is 25.1 Å². The molecular weight excluding hydrogens is 820 g/mol. The second-order valence-electron chi connectivity index (χ2n) is 13.5. The van der Waals surface area contributed by atoms with Crippen molar-refractivity contribution < 1.29 is 37.1 Å². The number of piperidine rings is 1. The van der Waals surface area contributed by atoms with Crippen LogP contribution in [0.1, 0.15) is 12.8 Å². The van der Waals surface area contributed by atoms with E-state index in [1.54, 1.807) is 39.0 Å². The van der Waals surface area contributed by atoms with Crippen LogP contribution in [0.3, 0.4) is 0 Å². The lowest BCUT2D eigenvalue weighted by atomic mass is 9.99. The predicted molar refractivity (Wildman–Crippen MR) is 211 cm³/mol. The molecule has 2 saturated heterocycles. The number of fused-ring (bicyclic) bond motifs is 1. The molecule has 0 aliphatic carbocycles. The summed E-state index contributed by atoms with van der Waals surface area (Å²) in [7, 11) is 0.831. The molecule has 298 valence electrons. The van der Waals surface area contributed by atoms with Gasteiger partial charge in [-0.15, -0.1) is 0 Å². The molecule has 0 saturated carbocycles. The van der Waals surface area contributed by atoms with Gasteiger partial charge in [0.15, 0.2) is 0 Å². The maximum Gasteiger partial charge on any atom is 0.490 e. The van der Waals surface area contributed by atoms with Gasteiger partial charge in [-0.2, -0.15) is 23.3 Å². The fraction of sp³-hybridized carbons (Fsp3) is 0.389. The van der Waals surface area contributed by atoms with Crippen LogP contribution >= 0.6 is 23.1 Å². The Morgan fingerprint density at radius 2 is 1.71 bits per heavy atom. The Balaban J connectivity index is 0.000000695. The van der Waals surface area contributed by atoms with Gasteiger partial charge in [0, 0.05) is 86.9 Å². The molecule has 0 radical (unpaired) electrons. The number of methoxy groups -OCH3 is 1. The van der Waals surface area contributed by atoms with Crippen LogP contribution in [0, 0.1) is 0 Å². The first-order valence-corrected chi connectivity index (χ1v) is 21.0. The summed E-state index contributed by atoms with van der Waals surface area (Å²) >= 11 is 3.59. The van der Waals surface area contributed by atoms with Gasteiger partial charge in [0.25, 0.3) is 0 Å². The highest BCUT2D eigenvalue weighted by atomic mass is 79.9. The van der Waals surface area contributed by atoms with Gasteiger partial charge < -0.3 is 34.7 Å². The highest BCUT2D eigenvalue weighted by molar-refractivity contribution is 9.10. The molecule has 20 heteroatoms. The summed E-state index contributed by atoms with van der Waals surface area (Å²) < 4.78 is 59.2. The molecule has 0 amide bonds. The molecule has 2 aromatic carbocycles. The third-order valence-electron chi connectivity index (χ3n) is 9.34. The van der Waals surface area contributed by atoms with Crippen molar-refractivity contribution in [2.24, 2.45) is 7.05 Å². The first kappa shape index (κ1) is 40.8. The van der Waals surface area contributed by atoms with Gasteiger partial charge in [-0.3, -0.25) is 19.5 Å². The number of hydrogen-bond donors (Lipinski definition) is 3. The lowest BCUT2D eigenvalue weighted by Crippen LogP contribution is -2.49. The quantitative estimate of drug-likeness (QED) is 0.142. The first-order chi connectivity index (χ1) is 26.6. The molecule has 3 N–H and O–H groups in total. The number of aryl methyl sites for hydroxylation is 1. The highest BCUT2D eigenvalue weighted by Crippen LogP contribution is 2.43. The van der Waals surface area contributed by atoms with Crippen molar-refractivity contribution >= 4 is 74.2 Å². The predicted octanol–water partition coefficient (Wildman–Crippen LogP) is 6.26. The van der Waals surface area contributed by atoms with Crippen LogP contribution in [0.5, 0.6) is 5.75 Å². The zero-order chi connectivity index (χ0) is 40.2. The standard InChI is InChI=1S/C34H40BrN10O3P.C2HF3O2/c1-43-21-22(19-39-43)24-17-28(30(47-2)18-29(24)45-11-7-23(8-12-45)44-13-15-48-16-14-44)41-34-38-20-25(35)33(42-34)40-27-6-5-26-31(37-10-9-36-26)32(27)49(3,4)46;3-2(4,5)1(6)7/h5-6,9-10,17-21,23H,7-8,11-16H2,1-4H3,(H2,38,40,41,42);(H,6,7). The minimum absolute atomic E-state index is 0.360. The summed E-state index contributed by atoms with van der Waals surface area (Å²) in [5.74, 6) is -1.22. The fourth-order valence-electron chi connectivity index (χ4n) is 6.73. The Hall–Kier alpha value is -4.84. The second kappa shape index (κ2) is 17.1. The number of carboxylic acid groups (broad SMARTS) is 1. The van der Waals surface area contributed by atoms with Crippen LogP contribution in [0.25, 0.3) is 22.2 Å². The van der Waals surface area contributed by atoms with Gasteiger partial charge in [0.2, 0.25) is 5.95 Å². The molecule has 0 atom stereocenters. The Morgan fingerprint density at radius 3 is 2.34 bits per heavy atom. The lowest BCUT2D eigenvalue weighted by Gasteiger charge is -2.41. The molecule has 0 bridgehead atoms. The van der Waals surface area contributed by atoms with E-state index >= 15 is 0 Å². The number of rotatable bonds is 9. The van der Waals surface area contributed by atoms with Crippen LogP contribution in [-0.2, 0) is 21.1 Å². The number of aromatic nitrogens is 6. The number of nitrogens with zero attached hydrogens (tertiary/aromatic N) is 8. The van der Waals surface area contributed by atoms with E-state index in [0.29, 0.717) is 50.1 Å². The number of morpholine rings is 1. The molecule has 5 heterocycles. The van der Waals surface area contributed by atoms with Crippen molar-refractivity contribution in [3.05, 3.63) is 59.7 Å². The second-order valence-corrected chi connectivity index (χ2v) is 17.5. The zero-order valence-corrected chi connectivity index (χ0v) is 33.5. The molecule has 2 aliphatic heterocycles. The van der Waals surface area contributed by atoms with Gasteiger partial charge >= 0.3 is 12.1 Å². The molecule has 0 unspecified atom stereocenters. The lowest BCUT2D eigenvalue weighted by molar-refractivity contribution is -0.192. The smallest absolute Gasteiger partial charge is 0.490 e. The molecule has 5 aromatic rings. The number of nitrogens with one attached hydrogen (secondary N) is 2. The van der Waals surface area contributed by atoms with Crippen LogP contribution in [-0.4, -0.2) is 118 Å². The van der Waals surface area contributed by atoms with Crippen molar-refractivity contribution in [1.82, 2.24) is 34.6 Å². The zero-order valence-electron chi connectivity index (χ0n) is 31.0. The van der Waals surface area contributed by atoms with E-state index in [1.807, 2.05) is 36.3 Å². The topological polar surface area (TPSA) is 173 Å². The van der Waals surface area contributed by atoms with Crippen LogP contribution in [0.2, 0.25) is 0 Å². The third kappa shape index (κ3) is 9.57. The van der Waals surface area contributed by atoms with Gasteiger partial charge in [0.1, 0.15) is 24.2 Å². The third-order valence-corrected chi connectivity index (χ3v) is 11.4. The van der Waals surface area contributed by atoms with E-state index in [0.717, 1.165) is 74.7 Å². The van der Waals surface area contributed by atoms with E-state index in [4.69, 9.17) is 24.4 Å². The minimum Gasteiger partial charge on any atom is -0.494 e. The average Bonchev–Trinajstić information content (AvgIpc) is 3.61. The molecule has 3 aromatic heterocycles. The molecule has 7 rings (SSSR count). The van der Waals surface area contributed by atoms with Crippen molar-refractivity contribution in [3.8, 4) is 16.9 Å². The van der Waals surface area contributed by atoms with Gasteiger partial charge in [0.05, 0.1) is 53.2 Å². The molecular formula is C36H41BrF3N10O5P. The van der Waals surface area contributed by atoms with Crippen LogP contribution in [0.4, 0.5) is 42.0 Å². The minimum atomic E-state index is -5.08. The Kier molecular flexibility index (Phi) is 12.5. The van der Waals surface area contributed by atoms with E-state index in [-0.39, 0.29) is 0 Å². The highest BCUT2D eigenvalue weighted by Gasteiger charge is 2.38. The maximum atomic E-state index is 13.5. The molecule has 2 aliphatic rings. The number of carboxylic acids is 1. The van der Waals surface area contributed by atoms with E-state index in [2.05, 4.69) is 68.5 Å². The number of aliphatic carboxylic acids is 1. The van der Waals surface area contributed by atoms with Gasteiger partial charge in [-0.25, -0.2) is 9.78 Å². The SMILES string of the molecule is COc1cc(N2CCC(N3CCOCC3)CC2)c(-c2cnn(C)c2)cc1Nc1ncc(Br)c(Nc2ccc3nccnc3c2P(C)(C)=O)n1.O=C(O)C(F)(F)F. The molecule has 0 spiro atoms. The van der Waals surface area contributed by atoms with E-state index < -0.39 is 19.3 Å². The van der Waals surface area contributed by atoms with Crippen molar-refractivity contribution in [3.63, 3.8) is 0 Å². The number of benzene rings is 2. The number of halogens is 4. The largest absolute Gasteiger partial charge is 0.494 e. The van der Waals surface area contributed by atoms with Gasteiger partial charge in [-0.1, -0.05) is 0 Å². The van der Waals surface area contributed by atoms with Crippen molar-refractivity contribution in [2.75, 3.05) is 75.4 Å². The number of hydrogen-bond acceptors (Lipinski definition) is 13. The summed E-state index contributed by atoms with van der Waals surface area (Å²) in [4.78, 5) is 32.2. The summed E-state index contributed by atoms with van der Waals surface area (Å²) in [6.45, 7) is 8.99. The first-order valence-electron chi connectivity index (χ1n) is 17.6. The van der Waals surface area contributed by atoms with Crippen molar-refractivity contribution in [1.29, 1.82) is 0 Å². The van der Waals surface area contributed by atoms with E-state index in [1.165, 1.54) is 0 Å². The Labute approximate surface area is 329 Å². The monoisotopic (exact) mass is 860 g/mol. The number of ether oxygens (including phenoxy) is 2. The fourth-order valence-corrected chi connectivity index (χ4v) is 8.42. The number of carbonyl (C=O) groups is 1. The molecule has 56 heavy (non-hydrogen) atoms. The van der Waals surface area contributed by atoms with E-state index in [9.17, 15) is 17.7 Å².